The highest BCUT2D eigenvalue weighted by Crippen LogP contribution is 2.33. The van der Waals surface area contributed by atoms with E-state index >= 15 is 0 Å². The van der Waals surface area contributed by atoms with Crippen LogP contribution < -0.4 is 5.73 Å². The van der Waals surface area contributed by atoms with E-state index < -0.39 is 10.0 Å². The van der Waals surface area contributed by atoms with E-state index in [1.54, 1.807) is 6.92 Å². The zero-order chi connectivity index (χ0) is 14.9. The molecule has 0 heterocycles. The lowest BCUT2D eigenvalue weighted by Crippen LogP contribution is -2.33. The minimum Gasteiger partial charge on any atom is -0.397 e. The normalized spacial score (nSPS) is 15.3. The predicted molar refractivity (Wildman–Crippen MR) is 80.9 cm³/mol. The average Bonchev–Trinajstić information content (AvgIpc) is 3.18. The van der Waals surface area contributed by atoms with Crippen LogP contribution in [0.4, 0.5) is 5.69 Å². The summed E-state index contributed by atoms with van der Waals surface area (Å²) in [6.07, 6.45) is 7.39. The molecule has 0 atom stereocenters. The molecule has 0 aromatic heterocycles. The first kappa shape index (κ1) is 15.2. The van der Waals surface area contributed by atoms with E-state index in [1.807, 2.05) is 0 Å². The Morgan fingerprint density at radius 2 is 2.15 bits per heavy atom. The molecule has 0 radical (unpaired) electrons. The topological polar surface area (TPSA) is 63.4 Å². The van der Waals surface area contributed by atoms with Crippen molar-refractivity contribution in [3.05, 3.63) is 22.7 Å². The van der Waals surface area contributed by atoms with Crippen LogP contribution in [0.2, 0.25) is 5.02 Å². The van der Waals surface area contributed by atoms with Gasteiger partial charge in [0.05, 0.1) is 22.2 Å². The first-order valence-electron chi connectivity index (χ1n) is 6.35. The maximum atomic E-state index is 12.6. The summed E-state index contributed by atoms with van der Waals surface area (Å²) in [5.41, 5.74) is 6.65. The minimum atomic E-state index is -3.63. The quantitative estimate of drug-likeness (QED) is 0.670. The van der Waals surface area contributed by atoms with Gasteiger partial charge in [-0.15, -0.1) is 6.42 Å². The van der Waals surface area contributed by atoms with E-state index in [1.165, 1.54) is 16.4 Å². The monoisotopic (exact) mass is 312 g/mol. The van der Waals surface area contributed by atoms with Gasteiger partial charge in [0.15, 0.2) is 0 Å². The lowest BCUT2D eigenvalue weighted by atomic mass is 10.2. The van der Waals surface area contributed by atoms with Crippen LogP contribution >= 0.6 is 11.6 Å². The third-order valence-corrected chi connectivity index (χ3v) is 5.63. The number of rotatable bonds is 5. The summed E-state index contributed by atoms with van der Waals surface area (Å²) in [5, 5.41) is 0.384. The van der Waals surface area contributed by atoms with Crippen molar-refractivity contribution in [1.29, 1.82) is 0 Å². The number of halogens is 1. The zero-order valence-electron chi connectivity index (χ0n) is 11.3. The van der Waals surface area contributed by atoms with Crippen LogP contribution in [0.3, 0.4) is 0 Å². The SMILES string of the molecule is C#CCN(CC1CC1)S(=O)(=O)c1cc(C)c(Cl)c(N)c1. The van der Waals surface area contributed by atoms with Crippen molar-refractivity contribution in [1.82, 2.24) is 4.31 Å². The van der Waals surface area contributed by atoms with Crippen LogP contribution in [-0.4, -0.2) is 25.8 Å². The van der Waals surface area contributed by atoms with Gasteiger partial charge in [0.1, 0.15) is 0 Å². The summed E-state index contributed by atoms with van der Waals surface area (Å²) < 4.78 is 26.6. The van der Waals surface area contributed by atoms with E-state index in [9.17, 15) is 8.42 Å². The molecule has 1 aliphatic rings. The molecule has 20 heavy (non-hydrogen) atoms. The molecular weight excluding hydrogens is 296 g/mol. The Labute approximate surface area is 125 Å². The van der Waals surface area contributed by atoms with Crippen molar-refractivity contribution in [2.75, 3.05) is 18.8 Å². The molecule has 6 heteroatoms. The Kier molecular flexibility index (Phi) is 4.28. The van der Waals surface area contributed by atoms with E-state index in [0.29, 0.717) is 23.0 Å². The predicted octanol–water partition coefficient (Wildman–Crippen LogP) is 2.26. The smallest absolute Gasteiger partial charge is 0.244 e. The Hall–Kier alpha value is -1.22. The summed E-state index contributed by atoms with van der Waals surface area (Å²) in [6, 6.07) is 2.92. The number of hydrogen-bond donors (Lipinski definition) is 1. The summed E-state index contributed by atoms with van der Waals surface area (Å²) in [4.78, 5) is 0.146. The Morgan fingerprint density at radius 3 is 2.65 bits per heavy atom. The van der Waals surface area contributed by atoms with Crippen molar-refractivity contribution in [3.8, 4) is 12.3 Å². The third kappa shape index (κ3) is 3.09. The standard InChI is InChI=1S/C14H17ClN2O2S/c1-3-6-17(9-11-4-5-11)20(18,19)12-7-10(2)14(15)13(16)8-12/h1,7-8,11H,4-6,9,16H2,2H3. The average molecular weight is 313 g/mol. The molecular formula is C14H17ClN2O2S. The maximum Gasteiger partial charge on any atom is 0.244 e. The van der Waals surface area contributed by atoms with Crippen LogP contribution in [0.25, 0.3) is 0 Å². The zero-order valence-corrected chi connectivity index (χ0v) is 12.8. The molecule has 1 aromatic rings. The molecule has 0 amide bonds. The largest absolute Gasteiger partial charge is 0.397 e. The van der Waals surface area contributed by atoms with Crippen molar-refractivity contribution in [3.63, 3.8) is 0 Å². The third-order valence-electron chi connectivity index (χ3n) is 3.32. The summed E-state index contributed by atoms with van der Waals surface area (Å²) >= 11 is 5.97. The fourth-order valence-electron chi connectivity index (χ4n) is 2.00. The Balaban J connectivity index is 2.39. The maximum absolute atomic E-state index is 12.6. The highest BCUT2D eigenvalue weighted by molar-refractivity contribution is 7.89. The molecule has 2 rings (SSSR count). The lowest BCUT2D eigenvalue weighted by Gasteiger charge is -2.20. The fraction of sp³-hybridized carbons (Fsp3) is 0.429. The molecule has 1 aliphatic carbocycles. The fourth-order valence-corrected chi connectivity index (χ4v) is 3.66. The molecule has 108 valence electrons. The number of nitrogens with two attached hydrogens (primary N) is 1. The number of nitrogen functional groups attached to an aromatic ring is 1. The molecule has 0 unspecified atom stereocenters. The van der Waals surface area contributed by atoms with E-state index in [2.05, 4.69) is 5.92 Å². The second kappa shape index (κ2) is 5.65. The van der Waals surface area contributed by atoms with Crippen LogP contribution in [-0.2, 0) is 10.0 Å². The summed E-state index contributed by atoms with van der Waals surface area (Å²) in [5.74, 6) is 2.83. The van der Waals surface area contributed by atoms with E-state index in [-0.39, 0.29) is 17.1 Å². The van der Waals surface area contributed by atoms with Gasteiger partial charge in [-0.2, -0.15) is 4.31 Å². The van der Waals surface area contributed by atoms with Crippen molar-refractivity contribution in [2.45, 2.75) is 24.7 Å². The number of aryl methyl sites for hydroxylation is 1. The molecule has 2 N–H and O–H groups in total. The van der Waals surface area contributed by atoms with Gasteiger partial charge in [-0.3, -0.25) is 0 Å². The Bertz CT molecular complexity index is 637. The van der Waals surface area contributed by atoms with Crippen LogP contribution in [0.1, 0.15) is 18.4 Å². The molecule has 0 spiro atoms. The van der Waals surface area contributed by atoms with Gasteiger partial charge >= 0.3 is 0 Å². The van der Waals surface area contributed by atoms with Crippen LogP contribution in [0.15, 0.2) is 17.0 Å². The van der Waals surface area contributed by atoms with Gasteiger partial charge in [0.25, 0.3) is 0 Å². The first-order valence-corrected chi connectivity index (χ1v) is 8.17. The minimum absolute atomic E-state index is 0.0699. The molecule has 1 aromatic carbocycles. The number of benzene rings is 1. The van der Waals surface area contributed by atoms with Crippen molar-refractivity contribution >= 4 is 27.3 Å². The van der Waals surface area contributed by atoms with Crippen LogP contribution in [0, 0.1) is 25.2 Å². The van der Waals surface area contributed by atoms with Crippen molar-refractivity contribution < 1.29 is 8.42 Å². The number of anilines is 1. The molecule has 1 fully saturated rings. The van der Waals surface area contributed by atoms with Gasteiger partial charge in [-0.25, -0.2) is 8.42 Å². The highest BCUT2D eigenvalue weighted by atomic mass is 35.5. The molecule has 4 nitrogen and oxygen atoms in total. The summed E-state index contributed by atoms with van der Waals surface area (Å²) in [7, 11) is -3.63. The van der Waals surface area contributed by atoms with Gasteiger partial charge in [-0.1, -0.05) is 17.5 Å². The summed E-state index contributed by atoms with van der Waals surface area (Å²) in [6.45, 7) is 2.26. The molecule has 0 aliphatic heterocycles. The molecule has 0 bridgehead atoms. The number of sulfonamides is 1. The van der Waals surface area contributed by atoms with Gasteiger partial charge in [0, 0.05) is 6.54 Å². The Morgan fingerprint density at radius 1 is 1.50 bits per heavy atom. The van der Waals surface area contributed by atoms with Gasteiger partial charge in [-0.05, 0) is 43.4 Å². The highest BCUT2D eigenvalue weighted by Gasteiger charge is 2.31. The van der Waals surface area contributed by atoms with Crippen LogP contribution in [0.5, 0.6) is 0 Å². The second-order valence-corrected chi connectivity index (χ2v) is 7.40. The van der Waals surface area contributed by atoms with E-state index in [4.69, 9.17) is 23.8 Å². The lowest BCUT2D eigenvalue weighted by molar-refractivity contribution is 0.430. The van der Waals surface area contributed by atoms with Crippen molar-refractivity contribution in [2.24, 2.45) is 5.92 Å². The number of hydrogen-bond acceptors (Lipinski definition) is 3. The second-order valence-electron chi connectivity index (χ2n) is 5.09. The molecule has 1 saturated carbocycles. The van der Waals surface area contributed by atoms with Gasteiger partial charge in [0.2, 0.25) is 10.0 Å². The van der Waals surface area contributed by atoms with E-state index in [0.717, 1.165) is 12.8 Å². The first-order chi connectivity index (χ1) is 9.36. The molecule has 0 saturated heterocycles. The number of nitrogens with zero attached hydrogens (tertiary/aromatic N) is 1. The van der Waals surface area contributed by atoms with Gasteiger partial charge < -0.3 is 5.73 Å². The number of terminal acetylenes is 1.